The SMILES string of the molecule is Cc1nc(CNS(=O)(=O)c2c(N)cc(Br)cc2Br)oc1C. The van der Waals surface area contributed by atoms with Crippen LogP contribution in [0.15, 0.2) is 30.4 Å². The van der Waals surface area contributed by atoms with Crippen molar-refractivity contribution in [1.82, 2.24) is 9.71 Å². The fourth-order valence-electron chi connectivity index (χ4n) is 1.71. The summed E-state index contributed by atoms with van der Waals surface area (Å²) in [4.78, 5) is 4.11. The molecule has 0 saturated heterocycles. The molecule has 0 radical (unpaired) electrons. The van der Waals surface area contributed by atoms with Crippen LogP contribution in [0.1, 0.15) is 17.3 Å². The minimum atomic E-state index is -3.78. The molecule has 0 saturated carbocycles. The predicted molar refractivity (Wildman–Crippen MR) is 86.3 cm³/mol. The summed E-state index contributed by atoms with van der Waals surface area (Å²) in [6, 6.07) is 3.14. The molecule has 1 aromatic carbocycles. The van der Waals surface area contributed by atoms with Gasteiger partial charge in [-0.25, -0.2) is 18.1 Å². The topological polar surface area (TPSA) is 98.2 Å². The van der Waals surface area contributed by atoms with E-state index in [1.807, 2.05) is 0 Å². The molecule has 2 aromatic rings. The lowest BCUT2D eigenvalue weighted by atomic mass is 10.3. The Kier molecular flexibility index (Phi) is 4.76. The van der Waals surface area contributed by atoms with Gasteiger partial charge in [0.25, 0.3) is 0 Å². The molecule has 0 amide bonds. The molecule has 1 aromatic heterocycles. The molecule has 114 valence electrons. The Morgan fingerprint density at radius 3 is 2.52 bits per heavy atom. The van der Waals surface area contributed by atoms with Crippen molar-refractivity contribution in [2.24, 2.45) is 0 Å². The van der Waals surface area contributed by atoms with Crippen LogP contribution in [0.3, 0.4) is 0 Å². The molecular formula is C12H13Br2N3O3S. The zero-order valence-electron chi connectivity index (χ0n) is 11.3. The lowest BCUT2D eigenvalue weighted by Gasteiger charge is -2.10. The third-order valence-electron chi connectivity index (χ3n) is 2.79. The van der Waals surface area contributed by atoms with Gasteiger partial charge >= 0.3 is 0 Å². The van der Waals surface area contributed by atoms with Crippen molar-refractivity contribution in [3.8, 4) is 0 Å². The summed E-state index contributed by atoms with van der Waals surface area (Å²) >= 11 is 6.46. The summed E-state index contributed by atoms with van der Waals surface area (Å²) in [6.45, 7) is 3.52. The van der Waals surface area contributed by atoms with E-state index in [2.05, 4.69) is 41.6 Å². The Hall–Kier alpha value is -0.900. The lowest BCUT2D eigenvalue weighted by Crippen LogP contribution is -2.24. The molecule has 0 aliphatic heterocycles. The van der Waals surface area contributed by atoms with Crippen LogP contribution >= 0.6 is 31.9 Å². The molecule has 0 bridgehead atoms. The van der Waals surface area contributed by atoms with Crippen molar-refractivity contribution in [2.75, 3.05) is 5.73 Å². The van der Waals surface area contributed by atoms with Gasteiger partial charge in [-0.3, -0.25) is 0 Å². The van der Waals surface area contributed by atoms with E-state index in [-0.39, 0.29) is 17.1 Å². The number of benzene rings is 1. The first-order valence-electron chi connectivity index (χ1n) is 5.88. The lowest BCUT2D eigenvalue weighted by molar-refractivity contribution is 0.463. The number of nitrogens with zero attached hydrogens (tertiary/aromatic N) is 1. The van der Waals surface area contributed by atoms with Crippen molar-refractivity contribution in [3.63, 3.8) is 0 Å². The second-order valence-electron chi connectivity index (χ2n) is 4.38. The van der Waals surface area contributed by atoms with E-state index >= 15 is 0 Å². The molecule has 21 heavy (non-hydrogen) atoms. The zero-order chi connectivity index (χ0) is 15.8. The number of nitrogens with one attached hydrogen (secondary N) is 1. The normalized spacial score (nSPS) is 11.8. The molecule has 1 heterocycles. The highest BCUT2D eigenvalue weighted by molar-refractivity contribution is 9.11. The average Bonchev–Trinajstić information content (AvgIpc) is 2.65. The minimum absolute atomic E-state index is 0.00861. The van der Waals surface area contributed by atoms with Gasteiger partial charge < -0.3 is 10.2 Å². The molecule has 0 aliphatic carbocycles. The van der Waals surface area contributed by atoms with Crippen molar-refractivity contribution in [3.05, 3.63) is 38.4 Å². The molecule has 2 rings (SSSR count). The number of hydrogen-bond donors (Lipinski definition) is 2. The maximum atomic E-state index is 12.3. The van der Waals surface area contributed by atoms with E-state index in [4.69, 9.17) is 10.2 Å². The molecule has 0 fully saturated rings. The second kappa shape index (κ2) is 6.07. The number of oxazole rings is 1. The Morgan fingerprint density at radius 2 is 2.00 bits per heavy atom. The third kappa shape index (κ3) is 3.65. The summed E-state index contributed by atoms with van der Waals surface area (Å²) in [5, 5.41) is 0. The molecule has 3 N–H and O–H groups in total. The van der Waals surface area contributed by atoms with Gasteiger partial charge in [0, 0.05) is 8.95 Å². The van der Waals surface area contributed by atoms with Crippen LogP contribution in [0, 0.1) is 13.8 Å². The highest BCUT2D eigenvalue weighted by Crippen LogP contribution is 2.31. The zero-order valence-corrected chi connectivity index (χ0v) is 15.3. The molecule has 0 spiro atoms. The van der Waals surface area contributed by atoms with Crippen molar-refractivity contribution < 1.29 is 12.8 Å². The Morgan fingerprint density at radius 1 is 1.33 bits per heavy atom. The second-order valence-corrected chi connectivity index (χ2v) is 7.85. The smallest absolute Gasteiger partial charge is 0.244 e. The monoisotopic (exact) mass is 437 g/mol. The van der Waals surface area contributed by atoms with Crippen LogP contribution in [0.2, 0.25) is 0 Å². The van der Waals surface area contributed by atoms with E-state index in [0.717, 1.165) is 5.69 Å². The Balaban J connectivity index is 2.27. The van der Waals surface area contributed by atoms with Gasteiger partial charge in [0.15, 0.2) is 0 Å². The fourth-order valence-corrected chi connectivity index (χ4v) is 4.75. The van der Waals surface area contributed by atoms with Gasteiger partial charge in [-0.2, -0.15) is 0 Å². The molecule has 0 atom stereocenters. The fraction of sp³-hybridized carbons (Fsp3) is 0.250. The van der Waals surface area contributed by atoms with Crippen LogP contribution in [0.25, 0.3) is 0 Å². The van der Waals surface area contributed by atoms with E-state index in [1.54, 1.807) is 19.9 Å². The summed E-state index contributed by atoms with van der Waals surface area (Å²) in [5.41, 5.74) is 6.66. The van der Waals surface area contributed by atoms with Gasteiger partial charge in [0.05, 0.1) is 17.9 Å². The van der Waals surface area contributed by atoms with E-state index in [9.17, 15) is 8.42 Å². The van der Waals surface area contributed by atoms with Crippen LogP contribution < -0.4 is 10.5 Å². The molecule has 9 heteroatoms. The number of hydrogen-bond acceptors (Lipinski definition) is 5. The first kappa shape index (κ1) is 16.5. The van der Waals surface area contributed by atoms with Crippen molar-refractivity contribution in [2.45, 2.75) is 25.3 Å². The van der Waals surface area contributed by atoms with E-state index in [0.29, 0.717) is 20.6 Å². The van der Waals surface area contributed by atoms with Crippen LogP contribution in [-0.4, -0.2) is 13.4 Å². The van der Waals surface area contributed by atoms with Crippen LogP contribution in [0.5, 0.6) is 0 Å². The van der Waals surface area contributed by atoms with Gasteiger partial charge in [-0.05, 0) is 41.9 Å². The molecule has 0 aliphatic rings. The summed E-state index contributed by atoms with van der Waals surface area (Å²) < 4.78 is 33.5. The summed E-state index contributed by atoms with van der Waals surface area (Å²) in [6.07, 6.45) is 0. The van der Waals surface area contributed by atoms with Gasteiger partial charge in [-0.15, -0.1) is 0 Å². The van der Waals surface area contributed by atoms with Gasteiger partial charge in [-0.1, -0.05) is 15.9 Å². The number of nitrogen functional groups attached to an aromatic ring is 1. The maximum Gasteiger partial charge on any atom is 0.244 e. The van der Waals surface area contributed by atoms with Crippen molar-refractivity contribution in [1.29, 1.82) is 0 Å². The first-order chi connectivity index (χ1) is 9.70. The largest absolute Gasteiger partial charge is 0.444 e. The first-order valence-corrected chi connectivity index (χ1v) is 8.94. The number of nitrogens with two attached hydrogens (primary N) is 1. The van der Waals surface area contributed by atoms with Crippen molar-refractivity contribution >= 4 is 47.6 Å². The van der Waals surface area contributed by atoms with E-state index in [1.165, 1.54) is 6.07 Å². The Labute approximate surface area is 139 Å². The Bertz CT molecular complexity index is 745. The molecular weight excluding hydrogens is 426 g/mol. The summed E-state index contributed by atoms with van der Waals surface area (Å²) in [5.74, 6) is 0.967. The standard InChI is InChI=1S/C12H13Br2N3O3S/c1-6-7(2)20-11(17-6)5-16-21(18,19)12-9(14)3-8(13)4-10(12)15/h3-4,16H,5,15H2,1-2H3. The molecule has 6 nitrogen and oxygen atoms in total. The third-order valence-corrected chi connectivity index (χ3v) is 5.66. The maximum absolute atomic E-state index is 12.3. The predicted octanol–water partition coefficient (Wildman–Crippen LogP) is 2.88. The number of anilines is 1. The number of aromatic nitrogens is 1. The average molecular weight is 439 g/mol. The number of sulfonamides is 1. The summed E-state index contributed by atoms with van der Waals surface area (Å²) in [7, 11) is -3.78. The van der Waals surface area contributed by atoms with Gasteiger partial charge in [0.1, 0.15) is 10.7 Å². The highest BCUT2D eigenvalue weighted by atomic mass is 79.9. The quantitative estimate of drug-likeness (QED) is 0.715. The van der Waals surface area contributed by atoms with Gasteiger partial charge in [0.2, 0.25) is 15.9 Å². The van der Waals surface area contributed by atoms with E-state index < -0.39 is 10.0 Å². The molecule has 0 unspecified atom stereocenters. The van der Waals surface area contributed by atoms with Crippen LogP contribution in [0.4, 0.5) is 5.69 Å². The number of halogens is 2. The minimum Gasteiger partial charge on any atom is -0.444 e. The highest BCUT2D eigenvalue weighted by Gasteiger charge is 2.22. The number of aryl methyl sites for hydroxylation is 2. The van der Waals surface area contributed by atoms with Crippen LogP contribution in [-0.2, 0) is 16.6 Å². The number of rotatable bonds is 4.